The molecule has 10 nitrogen and oxygen atoms in total. The minimum Gasteiger partial charge on any atom is -0.493 e. The fourth-order valence-corrected chi connectivity index (χ4v) is 3.64. The number of ether oxygens (including phenoxy) is 2. The number of nitrogens with zero attached hydrogens (tertiary/aromatic N) is 4. The van der Waals surface area contributed by atoms with E-state index in [9.17, 15) is 14.4 Å². The Kier molecular flexibility index (Phi) is 7.24. The number of amides is 1. The van der Waals surface area contributed by atoms with Crippen LogP contribution in [0.5, 0.6) is 11.5 Å². The molecule has 1 N–H and O–H groups in total. The fourth-order valence-electron chi connectivity index (χ4n) is 3.64. The predicted octanol–water partition coefficient (Wildman–Crippen LogP) is 2.09. The van der Waals surface area contributed by atoms with Crippen molar-refractivity contribution in [1.82, 2.24) is 24.6 Å². The van der Waals surface area contributed by atoms with Crippen LogP contribution in [0.2, 0.25) is 0 Å². The van der Waals surface area contributed by atoms with Crippen LogP contribution in [0.25, 0.3) is 5.69 Å². The summed E-state index contributed by atoms with van der Waals surface area (Å²) in [5.41, 5.74) is 0.666. The summed E-state index contributed by atoms with van der Waals surface area (Å²) in [7, 11) is 2.96. The molecular formula is C26H25N5O5. The van der Waals surface area contributed by atoms with E-state index in [1.807, 2.05) is 31.2 Å². The maximum absolute atomic E-state index is 13.5. The summed E-state index contributed by atoms with van der Waals surface area (Å²) < 4.78 is 12.6. The number of benzene rings is 2. The molecule has 1 amide bonds. The summed E-state index contributed by atoms with van der Waals surface area (Å²) in [6, 6.07) is 17.4. The van der Waals surface area contributed by atoms with Gasteiger partial charge in [0.05, 0.1) is 38.7 Å². The number of rotatable bonds is 8. The Balaban J connectivity index is 1.83. The van der Waals surface area contributed by atoms with E-state index in [0.717, 1.165) is 20.4 Å². The lowest BCUT2D eigenvalue weighted by molar-refractivity contribution is 0.0940. The van der Waals surface area contributed by atoms with Gasteiger partial charge in [-0.2, -0.15) is 9.78 Å². The van der Waals surface area contributed by atoms with E-state index in [1.54, 1.807) is 42.6 Å². The van der Waals surface area contributed by atoms with Crippen LogP contribution in [0, 0.1) is 6.92 Å². The molecule has 0 unspecified atom stereocenters. The number of aryl methyl sites for hydroxylation is 1. The lowest BCUT2D eigenvalue weighted by Crippen LogP contribution is -2.46. The quantitative estimate of drug-likeness (QED) is 0.404. The van der Waals surface area contributed by atoms with Crippen LogP contribution >= 0.6 is 0 Å². The van der Waals surface area contributed by atoms with Crippen molar-refractivity contribution >= 4 is 5.91 Å². The van der Waals surface area contributed by atoms with Gasteiger partial charge in [-0.25, -0.2) is 4.79 Å². The zero-order valence-electron chi connectivity index (χ0n) is 20.1. The molecule has 2 aromatic heterocycles. The first-order chi connectivity index (χ1) is 17.4. The van der Waals surface area contributed by atoms with E-state index in [4.69, 9.17) is 9.47 Å². The molecule has 10 heteroatoms. The minimum atomic E-state index is -0.793. The summed E-state index contributed by atoms with van der Waals surface area (Å²) in [4.78, 5) is 44.0. The monoisotopic (exact) mass is 487 g/mol. The zero-order chi connectivity index (χ0) is 25.7. The number of pyridine rings is 1. The molecule has 0 aliphatic heterocycles. The number of nitrogens with one attached hydrogen (secondary N) is 1. The van der Waals surface area contributed by atoms with Crippen LogP contribution in [0.3, 0.4) is 0 Å². The molecule has 0 spiro atoms. The minimum absolute atomic E-state index is 0.0271. The standard InChI is InChI=1S/C26H25N5O5/c1-17-8-4-5-9-18(17)16-30-25(33)23(24(32)28-15-19-10-6-7-13-27-19)29-31(26(30)34)20-11-12-21(35-2)22(14-20)36-3/h4-14H,15-16H2,1-3H3,(H,28,32). The highest BCUT2D eigenvalue weighted by Crippen LogP contribution is 2.28. The molecule has 184 valence electrons. The molecule has 0 bridgehead atoms. The fraction of sp³-hybridized carbons (Fsp3) is 0.192. The van der Waals surface area contributed by atoms with Gasteiger partial charge >= 0.3 is 5.69 Å². The van der Waals surface area contributed by atoms with E-state index < -0.39 is 22.9 Å². The van der Waals surface area contributed by atoms with Crippen molar-refractivity contribution in [3.63, 3.8) is 0 Å². The summed E-state index contributed by atoms with van der Waals surface area (Å²) in [6.07, 6.45) is 1.60. The second-order valence-corrected chi connectivity index (χ2v) is 7.90. The lowest BCUT2D eigenvalue weighted by atomic mass is 10.1. The van der Waals surface area contributed by atoms with E-state index in [1.165, 1.54) is 14.2 Å². The Morgan fingerprint density at radius 2 is 1.72 bits per heavy atom. The molecule has 2 heterocycles. The van der Waals surface area contributed by atoms with Gasteiger partial charge in [-0.05, 0) is 42.3 Å². The van der Waals surface area contributed by atoms with Crippen molar-refractivity contribution in [3.05, 3.63) is 110 Å². The van der Waals surface area contributed by atoms with Gasteiger partial charge in [-0.3, -0.25) is 19.1 Å². The Morgan fingerprint density at radius 1 is 0.972 bits per heavy atom. The molecule has 0 saturated heterocycles. The normalized spacial score (nSPS) is 10.6. The summed E-state index contributed by atoms with van der Waals surface area (Å²) >= 11 is 0. The van der Waals surface area contributed by atoms with Crippen LogP contribution in [0.4, 0.5) is 0 Å². The number of methoxy groups -OCH3 is 2. The topological polar surface area (TPSA) is 117 Å². The van der Waals surface area contributed by atoms with Crippen LogP contribution in [-0.2, 0) is 13.1 Å². The van der Waals surface area contributed by atoms with Crippen LogP contribution in [0.15, 0.2) is 76.4 Å². The first-order valence-corrected chi connectivity index (χ1v) is 11.1. The second-order valence-electron chi connectivity index (χ2n) is 7.90. The van der Waals surface area contributed by atoms with Crippen LogP contribution in [0.1, 0.15) is 27.3 Å². The summed E-state index contributed by atoms with van der Waals surface area (Å²) in [6.45, 7) is 1.95. The number of hydrogen-bond acceptors (Lipinski definition) is 7. The molecule has 4 aromatic rings. The third-order valence-electron chi connectivity index (χ3n) is 5.63. The van der Waals surface area contributed by atoms with E-state index >= 15 is 0 Å². The first kappa shape index (κ1) is 24.4. The van der Waals surface area contributed by atoms with Gasteiger partial charge in [0, 0.05) is 12.3 Å². The van der Waals surface area contributed by atoms with Crippen molar-refractivity contribution in [2.24, 2.45) is 0 Å². The molecule has 0 aliphatic rings. The highest BCUT2D eigenvalue weighted by Gasteiger charge is 2.21. The van der Waals surface area contributed by atoms with Gasteiger partial charge in [0.25, 0.3) is 11.5 Å². The van der Waals surface area contributed by atoms with E-state index in [0.29, 0.717) is 22.9 Å². The molecule has 2 aromatic carbocycles. The Bertz CT molecular complexity index is 1510. The van der Waals surface area contributed by atoms with Crippen LogP contribution < -0.4 is 26.0 Å². The first-order valence-electron chi connectivity index (χ1n) is 11.1. The molecule has 0 atom stereocenters. The highest BCUT2D eigenvalue weighted by atomic mass is 16.5. The average molecular weight is 488 g/mol. The van der Waals surface area contributed by atoms with Crippen molar-refractivity contribution in [2.75, 3.05) is 14.2 Å². The van der Waals surface area contributed by atoms with E-state index in [2.05, 4.69) is 15.4 Å². The third-order valence-corrected chi connectivity index (χ3v) is 5.63. The molecule has 0 aliphatic carbocycles. The van der Waals surface area contributed by atoms with Gasteiger partial charge in [0.2, 0.25) is 5.69 Å². The highest BCUT2D eigenvalue weighted by molar-refractivity contribution is 5.91. The molecule has 36 heavy (non-hydrogen) atoms. The lowest BCUT2D eigenvalue weighted by Gasteiger charge is -2.14. The number of hydrogen-bond donors (Lipinski definition) is 1. The molecular weight excluding hydrogens is 462 g/mol. The summed E-state index contributed by atoms with van der Waals surface area (Å²) in [5.74, 6) is 0.0933. The largest absolute Gasteiger partial charge is 0.493 e. The van der Waals surface area contributed by atoms with Gasteiger partial charge in [0.1, 0.15) is 0 Å². The number of carbonyl (C=O) groups excluding carboxylic acids is 1. The smallest absolute Gasteiger partial charge is 0.352 e. The molecule has 0 fully saturated rings. The Labute approximate surface area is 206 Å². The van der Waals surface area contributed by atoms with Crippen molar-refractivity contribution < 1.29 is 14.3 Å². The van der Waals surface area contributed by atoms with Gasteiger partial charge in [-0.1, -0.05) is 30.3 Å². The van der Waals surface area contributed by atoms with Gasteiger partial charge in [0.15, 0.2) is 11.5 Å². The molecule has 0 radical (unpaired) electrons. The zero-order valence-corrected chi connectivity index (χ0v) is 20.1. The SMILES string of the molecule is COc1ccc(-n2nc(C(=O)NCc3ccccn3)c(=O)n(Cc3ccccc3C)c2=O)cc1OC. The van der Waals surface area contributed by atoms with Crippen LogP contribution in [-0.4, -0.2) is 39.5 Å². The van der Waals surface area contributed by atoms with Crippen molar-refractivity contribution in [2.45, 2.75) is 20.0 Å². The molecule has 0 saturated carbocycles. The number of carbonyl (C=O) groups is 1. The van der Waals surface area contributed by atoms with Crippen molar-refractivity contribution in [1.29, 1.82) is 0 Å². The second kappa shape index (κ2) is 10.7. The van der Waals surface area contributed by atoms with Crippen molar-refractivity contribution in [3.8, 4) is 17.2 Å². The van der Waals surface area contributed by atoms with Gasteiger partial charge < -0.3 is 14.8 Å². The van der Waals surface area contributed by atoms with E-state index in [-0.39, 0.29) is 13.1 Å². The maximum Gasteiger partial charge on any atom is 0.352 e. The summed E-state index contributed by atoms with van der Waals surface area (Å²) in [5, 5.41) is 6.81. The third kappa shape index (κ3) is 5.02. The maximum atomic E-state index is 13.5. The average Bonchev–Trinajstić information content (AvgIpc) is 2.91. The number of aromatic nitrogens is 4. The Morgan fingerprint density at radius 3 is 2.42 bits per heavy atom. The van der Waals surface area contributed by atoms with Gasteiger partial charge in [-0.15, -0.1) is 0 Å². The Hall–Kier alpha value is -4.73. The predicted molar refractivity (Wildman–Crippen MR) is 133 cm³/mol. The molecule has 4 rings (SSSR count).